The number of imidazole rings is 1. The molecular weight excluding hydrogens is 266 g/mol. The van der Waals surface area contributed by atoms with E-state index in [1.165, 1.54) is 18.2 Å². The number of nitrogens with one attached hydrogen (secondary N) is 2. The fourth-order valence-corrected chi connectivity index (χ4v) is 2.16. The molecule has 1 aromatic heterocycles. The number of amides is 1. The van der Waals surface area contributed by atoms with Crippen molar-refractivity contribution in [3.63, 3.8) is 0 Å². The first-order valence-electron chi connectivity index (χ1n) is 7.32. The first-order valence-corrected chi connectivity index (χ1v) is 7.32. The smallest absolute Gasteiger partial charge is 0.287 e. The second kappa shape index (κ2) is 8.09. The maximum atomic E-state index is 11.6. The Balaban J connectivity index is 1.51. The third-order valence-electron chi connectivity index (χ3n) is 3.30. The highest BCUT2D eigenvalue weighted by Gasteiger charge is 2.08. The zero-order valence-electron chi connectivity index (χ0n) is 12.0. The monoisotopic (exact) mass is 287 g/mol. The molecule has 1 amide bonds. The standard InChI is InChI=1S/C16H21N3O2/c20-14-12-18-15(19-14)16(21)17-11-7-2-1-4-8-13-9-5-3-6-10-13/h3,5-6,9-10,12,20H,1-2,4,7-8,11H2,(H,17,21)(H,18,19). The zero-order chi connectivity index (χ0) is 14.9. The molecular formula is C16H21N3O2. The molecule has 0 saturated carbocycles. The lowest BCUT2D eigenvalue weighted by atomic mass is 10.1. The second-order valence-corrected chi connectivity index (χ2v) is 5.02. The Hall–Kier alpha value is -2.30. The van der Waals surface area contributed by atoms with E-state index in [1.54, 1.807) is 0 Å². The van der Waals surface area contributed by atoms with Crippen molar-refractivity contribution in [3.05, 3.63) is 47.9 Å². The quantitative estimate of drug-likeness (QED) is 0.653. The lowest BCUT2D eigenvalue weighted by molar-refractivity contribution is 0.0943. The Morgan fingerprint density at radius 1 is 1.14 bits per heavy atom. The van der Waals surface area contributed by atoms with Crippen LogP contribution >= 0.6 is 0 Å². The van der Waals surface area contributed by atoms with Crippen molar-refractivity contribution in [2.24, 2.45) is 0 Å². The van der Waals surface area contributed by atoms with Crippen molar-refractivity contribution in [1.29, 1.82) is 0 Å². The zero-order valence-corrected chi connectivity index (χ0v) is 12.0. The molecule has 0 saturated heterocycles. The molecule has 1 heterocycles. The molecule has 1 aromatic carbocycles. The van der Waals surface area contributed by atoms with Crippen LogP contribution in [0.25, 0.3) is 0 Å². The molecule has 21 heavy (non-hydrogen) atoms. The molecule has 0 radical (unpaired) electrons. The number of aromatic hydroxyl groups is 1. The van der Waals surface area contributed by atoms with E-state index in [2.05, 4.69) is 39.6 Å². The lowest BCUT2D eigenvalue weighted by Gasteiger charge is -2.04. The molecule has 0 bridgehead atoms. The molecule has 112 valence electrons. The highest BCUT2D eigenvalue weighted by atomic mass is 16.3. The largest absolute Gasteiger partial charge is 0.493 e. The summed E-state index contributed by atoms with van der Waals surface area (Å²) in [6.45, 7) is 0.631. The Morgan fingerprint density at radius 3 is 2.62 bits per heavy atom. The number of carbonyl (C=O) groups excluding carboxylic acids is 1. The molecule has 0 atom stereocenters. The van der Waals surface area contributed by atoms with Crippen LogP contribution in [0.5, 0.6) is 5.88 Å². The van der Waals surface area contributed by atoms with Gasteiger partial charge in [-0.1, -0.05) is 43.2 Å². The minimum atomic E-state index is -0.278. The number of aromatic amines is 1. The molecule has 2 rings (SSSR count). The summed E-state index contributed by atoms with van der Waals surface area (Å²) in [5, 5.41) is 11.8. The number of nitrogens with zero attached hydrogens (tertiary/aromatic N) is 1. The SMILES string of the molecule is O=C(NCCCCCCc1ccccc1)c1ncc(O)[nH]1. The maximum absolute atomic E-state index is 11.6. The van der Waals surface area contributed by atoms with Crippen molar-refractivity contribution >= 4 is 5.91 Å². The van der Waals surface area contributed by atoms with Gasteiger partial charge in [0.15, 0.2) is 5.82 Å². The number of carbonyl (C=O) groups is 1. The van der Waals surface area contributed by atoms with E-state index in [0.717, 1.165) is 25.7 Å². The van der Waals surface area contributed by atoms with E-state index in [4.69, 9.17) is 5.11 Å². The van der Waals surface area contributed by atoms with Gasteiger partial charge in [0.25, 0.3) is 5.91 Å². The summed E-state index contributed by atoms with van der Waals surface area (Å²) in [6, 6.07) is 10.5. The van der Waals surface area contributed by atoms with Gasteiger partial charge in [0.2, 0.25) is 5.88 Å². The van der Waals surface area contributed by atoms with Crippen molar-refractivity contribution in [2.75, 3.05) is 6.54 Å². The fourth-order valence-electron chi connectivity index (χ4n) is 2.16. The summed E-state index contributed by atoms with van der Waals surface area (Å²) in [6.07, 6.45) is 6.71. The number of hydrogen-bond donors (Lipinski definition) is 3. The molecule has 0 fully saturated rings. The van der Waals surface area contributed by atoms with Gasteiger partial charge in [-0.05, 0) is 24.8 Å². The molecule has 0 aliphatic rings. The van der Waals surface area contributed by atoms with Crippen LogP contribution in [-0.4, -0.2) is 27.5 Å². The van der Waals surface area contributed by atoms with Crippen molar-refractivity contribution in [1.82, 2.24) is 15.3 Å². The Morgan fingerprint density at radius 2 is 1.90 bits per heavy atom. The van der Waals surface area contributed by atoms with Gasteiger partial charge >= 0.3 is 0 Å². The first-order chi connectivity index (χ1) is 10.3. The molecule has 0 spiro atoms. The summed E-state index contributed by atoms with van der Waals surface area (Å²) >= 11 is 0. The normalized spacial score (nSPS) is 10.5. The van der Waals surface area contributed by atoms with E-state index in [1.807, 2.05) is 6.07 Å². The number of aryl methyl sites for hydroxylation is 1. The maximum Gasteiger partial charge on any atom is 0.287 e. The third kappa shape index (κ3) is 5.30. The van der Waals surface area contributed by atoms with Crippen molar-refractivity contribution in [2.45, 2.75) is 32.1 Å². The van der Waals surface area contributed by atoms with Gasteiger partial charge in [-0.3, -0.25) is 4.79 Å². The molecule has 5 nitrogen and oxygen atoms in total. The minimum Gasteiger partial charge on any atom is -0.493 e. The van der Waals surface area contributed by atoms with Crippen molar-refractivity contribution < 1.29 is 9.90 Å². The van der Waals surface area contributed by atoms with Crippen LogP contribution in [0.15, 0.2) is 36.5 Å². The van der Waals surface area contributed by atoms with E-state index in [0.29, 0.717) is 6.54 Å². The summed E-state index contributed by atoms with van der Waals surface area (Å²) in [7, 11) is 0. The number of hydrogen-bond acceptors (Lipinski definition) is 3. The van der Waals surface area contributed by atoms with Crippen LogP contribution in [-0.2, 0) is 6.42 Å². The van der Waals surface area contributed by atoms with E-state index < -0.39 is 0 Å². The predicted molar refractivity (Wildman–Crippen MR) is 81.2 cm³/mol. The van der Waals surface area contributed by atoms with Crippen LogP contribution in [0, 0.1) is 0 Å². The van der Waals surface area contributed by atoms with Gasteiger partial charge in [-0.25, -0.2) is 4.98 Å². The summed E-state index contributed by atoms with van der Waals surface area (Å²) in [5.41, 5.74) is 1.38. The lowest BCUT2D eigenvalue weighted by Crippen LogP contribution is -2.25. The molecule has 3 N–H and O–H groups in total. The van der Waals surface area contributed by atoms with Crippen molar-refractivity contribution in [3.8, 4) is 5.88 Å². The number of rotatable bonds is 8. The van der Waals surface area contributed by atoms with Crippen LogP contribution in [0.3, 0.4) is 0 Å². The van der Waals surface area contributed by atoms with Gasteiger partial charge in [-0.2, -0.15) is 0 Å². The summed E-state index contributed by atoms with van der Waals surface area (Å²) < 4.78 is 0. The Bertz CT molecular complexity index is 552. The van der Waals surface area contributed by atoms with Gasteiger partial charge < -0.3 is 15.4 Å². The highest BCUT2D eigenvalue weighted by molar-refractivity contribution is 5.90. The second-order valence-electron chi connectivity index (χ2n) is 5.02. The Labute approximate surface area is 124 Å². The van der Waals surface area contributed by atoms with Gasteiger partial charge in [-0.15, -0.1) is 0 Å². The van der Waals surface area contributed by atoms with Gasteiger partial charge in [0, 0.05) is 6.54 Å². The Kier molecular flexibility index (Phi) is 5.82. The molecule has 0 aliphatic heterocycles. The van der Waals surface area contributed by atoms with Crippen LogP contribution in [0.2, 0.25) is 0 Å². The van der Waals surface area contributed by atoms with Crippen LogP contribution in [0.1, 0.15) is 41.9 Å². The van der Waals surface area contributed by atoms with E-state index >= 15 is 0 Å². The van der Waals surface area contributed by atoms with Crippen LogP contribution < -0.4 is 5.32 Å². The van der Waals surface area contributed by atoms with Gasteiger partial charge in [0.05, 0.1) is 6.20 Å². The first kappa shape index (κ1) is 15.1. The van der Waals surface area contributed by atoms with E-state index in [-0.39, 0.29) is 17.6 Å². The topological polar surface area (TPSA) is 78.0 Å². The van der Waals surface area contributed by atoms with E-state index in [9.17, 15) is 4.79 Å². The number of H-pyrrole nitrogens is 1. The number of unbranched alkanes of at least 4 members (excludes halogenated alkanes) is 3. The van der Waals surface area contributed by atoms with Gasteiger partial charge in [0.1, 0.15) is 0 Å². The average molecular weight is 287 g/mol. The third-order valence-corrected chi connectivity index (χ3v) is 3.30. The number of benzene rings is 1. The molecule has 2 aromatic rings. The molecule has 5 heteroatoms. The number of aromatic nitrogens is 2. The highest BCUT2D eigenvalue weighted by Crippen LogP contribution is 2.07. The fraction of sp³-hybridized carbons (Fsp3) is 0.375. The molecule has 0 aliphatic carbocycles. The summed E-state index contributed by atoms with van der Waals surface area (Å²) in [5.74, 6) is -0.225. The van der Waals surface area contributed by atoms with Crippen LogP contribution in [0.4, 0.5) is 0 Å². The average Bonchev–Trinajstić information content (AvgIpc) is 2.94. The predicted octanol–water partition coefficient (Wildman–Crippen LogP) is 2.65. The summed E-state index contributed by atoms with van der Waals surface area (Å²) in [4.78, 5) is 17.9. The minimum absolute atomic E-state index is 0.0962. The molecule has 0 unspecified atom stereocenters.